The SMILES string of the molecule is O=C(NNS(=O)(=O)c1ccc(F)c([N+](=O)[O-])c1)c1cccnc1. The van der Waals surface area contributed by atoms with E-state index in [2.05, 4.69) is 4.98 Å². The van der Waals surface area contributed by atoms with Gasteiger partial charge in [-0.2, -0.15) is 4.39 Å². The van der Waals surface area contributed by atoms with Gasteiger partial charge in [0.15, 0.2) is 0 Å². The van der Waals surface area contributed by atoms with Crippen LogP contribution in [0.4, 0.5) is 10.1 Å². The van der Waals surface area contributed by atoms with Crippen molar-refractivity contribution in [3.63, 3.8) is 0 Å². The molecule has 9 nitrogen and oxygen atoms in total. The third kappa shape index (κ3) is 3.84. The number of benzene rings is 1. The first-order valence-corrected chi connectivity index (χ1v) is 7.46. The van der Waals surface area contributed by atoms with Crippen LogP contribution >= 0.6 is 0 Å². The van der Waals surface area contributed by atoms with Gasteiger partial charge in [0.05, 0.1) is 15.4 Å². The molecule has 0 unspecified atom stereocenters. The van der Waals surface area contributed by atoms with Gasteiger partial charge in [0, 0.05) is 18.5 Å². The van der Waals surface area contributed by atoms with Crippen molar-refractivity contribution in [2.75, 3.05) is 0 Å². The number of aromatic nitrogens is 1. The number of hydrazine groups is 1. The van der Waals surface area contributed by atoms with Gasteiger partial charge >= 0.3 is 5.69 Å². The van der Waals surface area contributed by atoms with Gasteiger partial charge in [-0.05, 0) is 24.3 Å². The van der Waals surface area contributed by atoms with Crippen molar-refractivity contribution in [2.45, 2.75) is 4.90 Å². The maximum atomic E-state index is 13.2. The number of carbonyl (C=O) groups excluding carboxylic acids is 1. The minimum absolute atomic E-state index is 0.0975. The molecular weight excluding hydrogens is 331 g/mol. The number of halogens is 1. The highest BCUT2D eigenvalue weighted by molar-refractivity contribution is 7.89. The molecule has 1 amide bonds. The number of rotatable bonds is 5. The van der Waals surface area contributed by atoms with E-state index in [4.69, 9.17) is 0 Å². The molecule has 1 aromatic heterocycles. The van der Waals surface area contributed by atoms with Crippen LogP contribution in [0.15, 0.2) is 47.6 Å². The topological polar surface area (TPSA) is 131 Å². The predicted octanol–water partition coefficient (Wildman–Crippen LogP) is 0.752. The molecule has 0 atom stereocenters. The molecule has 0 radical (unpaired) electrons. The lowest BCUT2D eigenvalue weighted by molar-refractivity contribution is -0.387. The van der Waals surface area contributed by atoms with Gasteiger partial charge in [0.2, 0.25) is 5.82 Å². The molecule has 2 N–H and O–H groups in total. The number of carbonyl (C=O) groups is 1. The van der Waals surface area contributed by atoms with Gasteiger partial charge in [-0.3, -0.25) is 25.3 Å². The number of nitro benzene ring substituents is 1. The summed E-state index contributed by atoms with van der Waals surface area (Å²) in [6, 6.07) is 4.91. The number of nitro groups is 1. The number of pyridine rings is 1. The third-order valence-corrected chi connectivity index (χ3v) is 3.89. The summed E-state index contributed by atoms with van der Waals surface area (Å²) in [5, 5.41) is 10.6. The first-order chi connectivity index (χ1) is 10.8. The maximum absolute atomic E-state index is 13.2. The Kier molecular flexibility index (Phi) is 4.62. The molecule has 0 aliphatic rings. The Balaban J connectivity index is 2.18. The number of hydrogen-bond acceptors (Lipinski definition) is 6. The Morgan fingerprint density at radius 3 is 2.65 bits per heavy atom. The van der Waals surface area contributed by atoms with Crippen LogP contribution in [0.3, 0.4) is 0 Å². The summed E-state index contributed by atoms with van der Waals surface area (Å²) in [6.45, 7) is 0. The van der Waals surface area contributed by atoms with Gasteiger partial charge in [0.25, 0.3) is 15.9 Å². The predicted molar refractivity (Wildman–Crippen MR) is 75.1 cm³/mol. The molecule has 120 valence electrons. The molecule has 1 aromatic carbocycles. The molecule has 0 aliphatic heterocycles. The van der Waals surface area contributed by atoms with Crippen LogP contribution in [0.1, 0.15) is 10.4 Å². The average molecular weight is 340 g/mol. The summed E-state index contributed by atoms with van der Waals surface area (Å²) >= 11 is 0. The average Bonchev–Trinajstić information content (AvgIpc) is 2.53. The van der Waals surface area contributed by atoms with Crippen LogP contribution in [0.25, 0.3) is 0 Å². The second-order valence-corrected chi connectivity index (χ2v) is 5.85. The summed E-state index contributed by atoms with van der Waals surface area (Å²) in [7, 11) is -4.31. The zero-order valence-electron chi connectivity index (χ0n) is 11.3. The number of sulfonamides is 1. The highest BCUT2D eigenvalue weighted by Crippen LogP contribution is 2.21. The molecule has 0 saturated carbocycles. The van der Waals surface area contributed by atoms with Crippen LogP contribution in [-0.2, 0) is 10.0 Å². The molecule has 23 heavy (non-hydrogen) atoms. The normalized spacial score (nSPS) is 11.0. The lowest BCUT2D eigenvalue weighted by Crippen LogP contribution is -2.41. The molecule has 11 heteroatoms. The van der Waals surface area contributed by atoms with Crippen LogP contribution in [-0.4, -0.2) is 24.2 Å². The fourth-order valence-corrected chi connectivity index (χ4v) is 2.40. The van der Waals surface area contributed by atoms with Gasteiger partial charge in [-0.25, -0.2) is 8.42 Å². The van der Waals surface area contributed by atoms with E-state index < -0.39 is 37.3 Å². The molecule has 0 fully saturated rings. The molecule has 1 heterocycles. The number of nitrogens with one attached hydrogen (secondary N) is 2. The molecular formula is C12H9FN4O5S. The van der Waals surface area contributed by atoms with Crippen molar-refractivity contribution < 1.29 is 22.5 Å². The van der Waals surface area contributed by atoms with Crippen LogP contribution < -0.4 is 10.3 Å². The quantitative estimate of drug-likeness (QED) is 0.610. The monoisotopic (exact) mass is 340 g/mol. The van der Waals surface area contributed by atoms with Crippen molar-refractivity contribution in [1.82, 2.24) is 15.2 Å². The fraction of sp³-hybridized carbons (Fsp3) is 0. The maximum Gasteiger partial charge on any atom is 0.306 e. The van der Waals surface area contributed by atoms with Gasteiger partial charge in [-0.1, -0.05) is 0 Å². The minimum Gasteiger partial charge on any atom is -0.273 e. The smallest absolute Gasteiger partial charge is 0.273 e. The molecule has 2 aromatic rings. The van der Waals surface area contributed by atoms with E-state index in [1.807, 2.05) is 5.43 Å². The summed E-state index contributed by atoms with van der Waals surface area (Å²) in [6.07, 6.45) is 2.64. The molecule has 0 spiro atoms. The lowest BCUT2D eigenvalue weighted by atomic mass is 10.3. The Labute approximate surface area is 129 Å². The largest absolute Gasteiger partial charge is 0.306 e. The van der Waals surface area contributed by atoms with E-state index in [0.717, 1.165) is 6.07 Å². The van der Waals surface area contributed by atoms with Gasteiger partial charge in [-0.15, -0.1) is 4.83 Å². The number of nitrogens with zero attached hydrogens (tertiary/aromatic N) is 2. The first-order valence-electron chi connectivity index (χ1n) is 5.97. The van der Waals surface area contributed by atoms with E-state index in [0.29, 0.717) is 12.1 Å². The summed E-state index contributed by atoms with van der Waals surface area (Å²) < 4.78 is 37.1. The fourth-order valence-electron chi connectivity index (χ4n) is 1.54. The van der Waals surface area contributed by atoms with Gasteiger partial charge in [0.1, 0.15) is 0 Å². The standard InChI is InChI=1S/C12H9FN4O5S/c13-10-4-3-9(6-11(10)17(19)20)23(21,22)16-15-12(18)8-2-1-5-14-7-8/h1-7,16H,(H,15,18). The van der Waals surface area contributed by atoms with E-state index >= 15 is 0 Å². The third-order valence-electron chi connectivity index (χ3n) is 2.65. The summed E-state index contributed by atoms with van der Waals surface area (Å²) in [5.74, 6) is -1.95. The van der Waals surface area contributed by atoms with E-state index in [1.165, 1.54) is 24.5 Å². The van der Waals surface area contributed by atoms with Crippen molar-refractivity contribution in [1.29, 1.82) is 0 Å². The molecule has 0 saturated heterocycles. The zero-order chi connectivity index (χ0) is 17.0. The van der Waals surface area contributed by atoms with Gasteiger partial charge < -0.3 is 0 Å². The zero-order valence-corrected chi connectivity index (χ0v) is 12.1. The number of hydrogen-bond donors (Lipinski definition) is 2. The Morgan fingerprint density at radius 2 is 2.04 bits per heavy atom. The summed E-state index contributed by atoms with van der Waals surface area (Å²) in [4.78, 5) is 26.2. The highest BCUT2D eigenvalue weighted by Gasteiger charge is 2.22. The molecule has 0 aliphatic carbocycles. The Hall–Kier alpha value is -2.92. The Bertz CT molecular complexity index is 857. The highest BCUT2D eigenvalue weighted by atomic mass is 32.2. The Morgan fingerprint density at radius 1 is 1.30 bits per heavy atom. The van der Waals surface area contributed by atoms with Crippen LogP contribution in [0, 0.1) is 15.9 Å². The number of amides is 1. The second kappa shape index (κ2) is 6.46. The lowest BCUT2D eigenvalue weighted by Gasteiger charge is -2.08. The van der Waals surface area contributed by atoms with E-state index in [-0.39, 0.29) is 5.56 Å². The summed E-state index contributed by atoms with van der Waals surface area (Å²) in [5.41, 5.74) is 1.02. The van der Waals surface area contributed by atoms with E-state index in [1.54, 1.807) is 4.83 Å². The molecule has 2 rings (SSSR count). The minimum atomic E-state index is -4.31. The van der Waals surface area contributed by atoms with Crippen LogP contribution in [0.5, 0.6) is 0 Å². The van der Waals surface area contributed by atoms with Crippen molar-refractivity contribution in [2.24, 2.45) is 0 Å². The second-order valence-electron chi connectivity index (χ2n) is 4.17. The van der Waals surface area contributed by atoms with Crippen molar-refractivity contribution in [3.05, 3.63) is 64.2 Å². The van der Waals surface area contributed by atoms with Crippen LogP contribution in [0.2, 0.25) is 0 Å². The van der Waals surface area contributed by atoms with E-state index in [9.17, 15) is 27.7 Å². The first kappa shape index (κ1) is 16.5. The van der Waals surface area contributed by atoms with Crippen molar-refractivity contribution in [3.8, 4) is 0 Å². The van der Waals surface area contributed by atoms with Crippen molar-refractivity contribution >= 4 is 21.6 Å². The molecule has 0 bridgehead atoms.